The van der Waals surface area contributed by atoms with Crippen molar-refractivity contribution in [1.82, 2.24) is 10.8 Å². The van der Waals surface area contributed by atoms with E-state index in [1.807, 2.05) is 54.6 Å². The molecule has 3 aromatic carbocycles. The van der Waals surface area contributed by atoms with Crippen molar-refractivity contribution in [3.8, 4) is 0 Å². The molecule has 0 aliphatic carbocycles. The first-order valence-corrected chi connectivity index (χ1v) is 13.2. The second-order valence-corrected chi connectivity index (χ2v) is 9.38. The molecule has 0 radical (unpaired) electrons. The van der Waals surface area contributed by atoms with E-state index in [9.17, 15) is 14.4 Å². The minimum Gasteiger partial charge on any atom is -0.355 e. The number of amides is 2. The third-order valence-electron chi connectivity index (χ3n) is 6.15. The third kappa shape index (κ3) is 11.0. The molecule has 0 bridgehead atoms. The molecule has 0 unspecified atom stereocenters. The predicted molar refractivity (Wildman–Crippen MR) is 148 cm³/mol. The highest BCUT2D eigenvalue weighted by Gasteiger charge is 2.14. The molecule has 200 valence electrons. The zero-order valence-electron chi connectivity index (χ0n) is 21.7. The van der Waals surface area contributed by atoms with Gasteiger partial charge in [-0.15, -0.1) is 0 Å². The maximum Gasteiger partial charge on any atom is 0.332 e. The first kappa shape index (κ1) is 28.6. The van der Waals surface area contributed by atoms with Crippen LogP contribution in [0.25, 0.3) is 0 Å². The Hall–Kier alpha value is -3.97. The van der Waals surface area contributed by atoms with Gasteiger partial charge in [0.05, 0.1) is 12.5 Å². The Balaban J connectivity index is 1.26. The number of hydroxylamine groups is 1. The number of hydrogen-bond acceptors (Lipinski definition) is 5. The fourth-order valence-corrected chi connectivity index (χ4v) is 4.12. The molecule has 0 spiro atoms. The maximum absolute atomic E-state index is 12.2. The van der Waals surface area contributed by atoms with Crippen molar-refractivity contribution in [1.29, 1.82) is 0 Å². The lowest BCUT2D eigenvalue weighted by molar-refractivity contribution is -0.158. The van der Waals surface area contributed by atoms with Gasteiger partial charge in [0, 0.05) is 13.0 Å². The van der Waals surface area contributed by atoms with Crippen molar-refractivity contribution in [3.63, 3.8) is 0 Å². The Morgan fingerprint density at radius 2 is 1.34 bits per heavy atom. The van der Waals surface area contributed by atoms with Gasteiger partial charge in [-0.25, -0.2) is 4.79 Å². The molecule has 3 aromatic rings. The highest BCUT2D eigenvalue weighted by molar-refractivity contribution is 5.82. The lowest BCUT2D eigenvalue weighted by Gasteiger charge is -2.12. The minimum atomic E-state index is -0.656. The van der Waals surface area contributed by atoms with E-state index in [1.165, 1.54) is 11.1 Å². The molecule has 4 N–H and O–H groups in total. The Kier molecular flexibility index (Phi) is 12.0. The summed E-state index contributed by atoms with van der Waals surface area (Å²) in [6.45, 7) is 0.294. The number of carbonyl (C=O) groups is 3. The molecule has 0 aromatic heterocycles. The predicted octanol–water partition coefficient (Wildman–Crippen LogP) is 3.84. The lowest BCUT2D eigenvalue weighted by atomic mass is 10.0. The van der Waals surface area contributed by atoms with Gasteiger partial charge >= 0.3 is 5.97 Å². The van der Waals surface area contributed by atoms with Gasteiger partial charge in [-0.05, 0) is 60.8 Å². The van der Waals surface area contributed by atoms with Crippen molar-refractivity contribution in [3.05, 3.63) is 107 Å². The van der Waals surface area contributed by atoms with Gasteiger partial charge in [0.2, 0.25) is 5.91 Å². The number of nitrogens with two attached hydrogens (primary N) is 1. The van der Waals surface area contributed by atoms with E-state index in [0.29, 0.717) is 19.4 Å². The molecule has 0 aliphatic rings. The quantitative estimate of drug-likeness (QED) is 0.223. The van der Waals surface area contributed by atoms with Gasteiger partial charge in [-0.3, -0.25) is 9.59 Å². The third-order valence-corrected chi connectivity index (χ3v) is 6.15. The standard InChI is InChI=1S/C31H37N3O4/c32-28(22-26-14-5-2-6-15-26)31(37)33-20-10-19-30(36)38-34-29(35)23-27-18-9-17-25(21-27)16-8-7-13-24-11-3-1-4-12-24/h1-6,9,11-12,14-15,17-18,21,28H,7-8,10,13,16,19-20,22-23,32H2,(H,33,37)(H,34,35)/t28-/m0/s1. The first-order chi connectivity index (χ1) is 18.5. The number of benzene rings is 3. The Bertz CT molecular complexity index is 1150. The van der Waals surface area contributed by atoms with Crippen LogP contribution in [0.15, 0.2) is 84.9 Å². The van der Waals surface area contributed by atoms with Crippen LogP contribution in [0.3, 0.4) is 0 Å². The number of carbonyl (C=O) groups excluding carboxylic acids is 3. The zero-order chi connectivity index (χ0) is 27.0. The summed E-state index contributed by atoms with van der Waals surface area (Å²) in [5.41, 5.74) is 12.6. The highest BCUT2D eigenvalue weighted by atomic mass is 16.7. The summed E-state index contributed by atoms with van der Waals surface area (Å²) in [4.78, 5) is 41.2. The van der Waals surface area contributed by atoms with Gasteiger partial charge in [-0.1, -0.05) is 84.9 Å². The molecule has 38 heavy (non-hydrogen) atoms. The second kappa shape index (κ2) is 16.0. The normalized spacial score (nSPS) is 11.4. The molecule has 0 saturated heterocycles. The van der Waals surface area contributed by atoms with Crippen molar-refractivity contribution in [2.24, 2.45) is 5.73 Å². The molecular weight excluding hydrogens is 478 g/mol. The zero-order valence-corrected chi connectivity index (χ0v) is 21.7. The van der Waals surface area contributed by atoms with E-state index < -0.39 is 12.0 Å². The summed E-state index contributed by atoms with van der Waals surface area (Å²) in [6.07, 6.45) is 5.19. The van der Waals surface area contributed by atoms with Crippen LogP contribution in [-0.4, -0.2) is 30.4 Å². The number of unbranched alkanes of at least 4 members (excludes halogenated alkanes) is 1. The molecule has 1 atom stereocenters. The number of rotatable bonds is 14. The fraction of sp³-hybridized carbons (Fsp3) is 0.323. The van der Waals surface area contributed by atoms with Gasteiger partial charge in [0.15, 0.2) is 0 Å². The Labute approximate surface area is 224 Å². The Morgan fingerprint density at radius 3 is 2.05 bits per heavy atom. The van der Waals surface area contributed by atoms with Crippen LogP contribution in [0, 0.1) is 0 Å². The average molecular weight is 516 g/mol. The van der Waals surface area contributed by atoms with Crippen LogP contribution in [0.4, 0.5) is 0 Å². The summed E-state index contributed by atoms with van der Waals surface area (Å²) in [7, 11) is 0. The summed E-state index contributed by atoms with van der Waals surface area (Å²) in [5, 5.41) is 2.73. The molecule has 0 saturated carbocycles. The fourth-order valence-electron chi connectivity index (χ4n) is 4.12. The number of aryl methyl sites for hydroxylation is 2. The maximum atomic E-state index is 12.2. The molecule has 2 amide bonds. The number of nitrogens with one attached hydrogen (secondary N) is 2. The van der Waals surface area contributed by atoms with E-state index in [-0.39, 0.29) is 24.7 Å². The molecule has 7 heteroatoms. The van der Waals surface area contributed by atoms with Crippen molar-refractivity contribution in [2.75, 3.05) is 6.54 Å². The molecule has 3 rings (SSSR count). The van der Waals surface area contributed by atoms with E-state index >= 15 is 0 Å². The summed E-state index contributed by atoms with van der Waals surface area (Å²) in [5.74, 6) is -1.22. The van der Waals surface area contributed by atoms with Crippen LogP contribution in [0.5, 0.6) is 0 Å². The smallest absolute Gasteiger partial charge is 0.332 e. The van der Waals surface area contributed by atoms with E-state index in [0.717, 1.165) is 36.8 Å². The van der Waals surface area contributed by atoms with Gasteiger partial charge in [0.25, 0.3) is 5.91 Å². The van der Waals surface area contributed by atoms with Crippen LogP contribution < -0.4 is 16.5 Å². The molecule has 7 nitrogen and oxygen atoms in total. The molecule has 0 aliphatic heterocycles. The molecular formula is C31H37N3O4. The van der Waals surface area contributed by atoms with Crippen molar-refractivity contribution in [2.45, 2.75) is 57.4 Å². The Morgan fingerprint density at radius 1 is 0.737 bits per heavy atom. The molecule has 0 fully saturated rings. The van der Waals surface area contributed by atoms with E-state index in [4.69, 9.17) is 10.6 Å². The van der Waals surface area contributed by atoms with Crippen LogP contribution in [-0.2, 0) is 44.9 Å². The SMILES string of the molecule is N[C@@H](Cc1ccccc1)C(=O)NCCCC(=O)ONC(=O)Cc1cccc(CCCCc2ccccc2)c1. The largest absolute Gasteiger partial charge is 0.355 e. The van der Waals surface area contributed by atoms with Gasteiger partial charge < -0.3 is 15.9 Å². The van der Waals surface area contributed by atoms with E-state index in [1.54, 1.807) is 0 Å². The summed E-state index contributed by atoms with van der Waals surface area (Å²) < 4.78 is 0. The van der Waals surface area contributed by atoms with Crippen LogP contribution in [0.1, 0.15) is 47.9 Å². The van der Waals surface area contributed by atoms with Gasteiger partial charge in [-0.2, -0.15) is 5.48 Å². The second-order valence-electron chi connectivity index (χ2n) is 9.38. The summed E-state index contributed by atoms with van der Waals surface area (Å²) >= 11 is 0. The summed E-state index contributed by atoms with van der Waals surface area (Å²) in [6, 6.07) is 27.3. The number of hydrogen-bond donors (Lipinski definition) is 3. The minimum absolute atomic E-state index is 0.0625. The monoisotopic (exact) mass is 515 g/mol. The van der Waals surface area contributed by atoms with Crippen LogP contribution in [0.2, 0.25) is 0 Å². The lowest BCUT2D eigenvalue weighted by Crippen LogP contribution is -2.42. The molecule has 0 heterocycles. The van der Waals surface area contributed by atoms with Gasteiger partial charge in [0.1, 0.15) is 0 Å². The van der Waals surface area contributed by atoms with Crippen LogP contribution >= 0.6 is 0 Å². The first-order valence-electron chi connectivity index (χ1n) is 13.2. The highest BCUT2D eigenvalue weighted by Crippen LogP contribution is 2.12. The van der Waals surface area contributed by atoms with Crippen molar-refractivity contribution >= 4 is 17.8 Å². The average Bonchev–Trinajstić information content (AvgIpc) is 2.93. The van der Waals surface area contributed by atoms with E-state index in [2.05, 4.69) is 41.1 Å². The topological polar surface area (TPSA) is 111 Å². The van der Waals surface area contributed by atoms with Crippen molar-refractivity contribution < 1.29 is 19.2 Å².